The van der Waals surface area contributed by atoms with E-state index in [-0.39, 0.29) is 0 Å². The molecule has 0 heterocycles. The molecule has 0 saturated heterocycles. The lowest BCUT2D eigenvalue weighted by Gasteiger charge is -2.28. The maximum absolute atomic E-state index is 3.99. The minimum Gasteiger partial charge on any atom is -0.381 e. The third-order valence-electron chi connectivity index (χ3n) is 1.41. The van der Waals surface area contributed by atoms with Crippen LogP contribution in [0.25, 0.3) is 0 Å². The first kappa shape index (κ1) is 8.76. The zero-order valence-corrected chi connectivity index (χ0v) is 9.15. The lowest BCUT2D eigenvalue weighted by molar-refractivity contribution is 0.458. The third kappa shape index (κ3) is 2.70. The summed E-state index contributed by atoms with van der Waals surface area (Å²) in [4.78, 5) is 2.09. The Morgan fingerprint density at radius 2 is 1.78 bits per heavy atom. The molecular weight excluding hydrogens is 126 g/mol. The van der Waals surface area contributed by atoms with Crippen LogP contribution in [0.1, 0.15) is 13.8 Å². The van der Waals surface area contributed by atoms with E-state index >= 15 is 0 Å². The topological polar surface area (TPSA) is 3.24 Å². The Bertz CT molecular complexity index is 111. The molecule has 0 spiro atoms. The average Bonchev–Trinajstić information content (AvgIpc) is 1.62. The van der Waals surface area contributed by atoms with Crippen LogP contribution in [0.3, 0.4) is 0 Å². The molecule has 0 N–H and O–H groups in total. The fourth-order valence-electron chi connectivity index (χ4n) is 0.671. The Morgan fingerprint density at radius 3 is 1.78 bits per heavy atom. The lowest BCUT2D eigenvalue weighted by atomic mass is 10.1. The van der Waals surface area contributed by atoms with Crippen LogP contribution < -0.4 is 0 Å². The van der Waals surface area contributed by atoms with Gasteiger partial charge in [-0.05, 0) is 5.04 Å². The maximum atomic E-state index is 3.99. The smallest absolute Gasteiger partial charge is 0.0174 e. The van der Waals surface area contributed by atoms with Gasteiger partial charge >= 0.3 is 0 Å². The van der Waals surface area contributed by atoms with Crippen LogP contribution in [0.4, 0.5) is 0 Å². The summed E-state index contributed by atoms with van der Waals surface area (Å²) in [6.45, 7) is 8.43. The molecule has 0 aromatic carbocycles. The zero-order valence-electron chi connectivity index (χ0n) is 7.15. The molecule has 1 nitrogen and oxygen atoms in total. The van der Waals surface area contributed by atoms with E-state index in [4.69, 9.17) is 0 Å². The SMILES string of the molecule is C=C(N(C)C)C(C)(C)[SiH3]. The van der Waals surface area contributed by atoms with Crippen LogP contribution >= 0.6 is 0 Å². The molecule has 0 aliphatic rings. The number of rotatable bonds is 2. The molecule has 54 valence electrons. The first-order chi connectivity index (χ1) is 3.85. The van der Waals surface area contributed by atoms with Crippen molar-refractivity contribution in [2.75, 3.05) is 14.1 Å². The Morgan fingerprint density at radius 1 is 1.44 bits per heavy atom. The van der Waals surface area contributed by atoms with Gasteiger partial charge in [0.25, 0.3) is 0 Å². The van der Waals surface area contributed by atoms with E-state index in [9.17, 15) is 0 Å². The van der Waals surface area contributed by atoms with Crippen molar-refractivity contribution in [2.45, 2.75) is 18.9 Å². The first-order valence-electron chi connectivity index (χ1n) is 3.22. The molecule has 0 unspecified atom stereocenters. The maximum Gasteiger partial charge on any atom is 0.0174 e. The van der Waals surface area contributed by atoms with E-state index in [1.54, 1.807) is 0 Å². The van der Waals surface area contributed by atoms with Crippen LogP contribution in [0.5, 0.6) is 0 Å². The Kier molecular flexibility index (Phi) is 2.49. The van der Waals surface area contributed by atoms with Crippen LogP contribution in [0.15, 0.2) is 12.3 Å². The molecule has 0 rings (SSSR count). The molecule has 0 radical (unpaired) electrons. The molecule has 0 aromatic rings. The second-order valence-electron chi connectivity index (χ2n) is 3.59. The van der Waals surface area contributed by atoms with Crippen molar-refractivity contribution in [1.29, 1.82) is 0 Å². The van der Waals surface area contributed by atoms with E-state index in [0.29, 0.717) is 5.04 Å². The second kappa shape index (κ2) is 2.56. The van der Waals surface area contributed by atoms with Gasteiger partial charge < -0.3 is 4.90 Å². The van der Waals surface area contributed by atoms with E-state index in [0.717, 1.165) is 0 Å². The molecule has 2 heteroatoms. The summed E-state index contributed by atoms with van der Waals surface area (Å²) in [5.74, 6) is 0. The van der Waals surface area contributed by atoms with Gasteiger partial charge in [0.05, 0.1) is 0 Å². The highest BCUT2D eigenvalue weighted by atomic mass is 28.1. The lowest BCUT2D eigenvalue weighted by Crippen LogP contribution is -2.19. The minimum atomic E-state index is 0.351. The number of nitrogens with zero attached hydrogens (tertiary/aromatic N) is 1. The standard InChI is InChI=1S/C7H17NSi/c1-6(8(4)5)7(2,3)9/h1H2,2-5,9H3. The van der Waals surface area contributed by atoms with Crippen molar-refractivity contribution in [1.82, 2.24) is 4.90 Å². The van der Waals surface area contributed by atoms with Crippen molar-refractivity contribution >= 4 is 10.2 Å². The molecule has 0 bridgehead atoms. The third-order valence-corrected chi connectivity index (χ3v) is 1.98. The normalized spacial score (nSPS) is 11.6. The van der Waals surface area contributed by atoms with Crippen molar-refractivity contribution in [2.24, 2.45) is 0 Å². The van der Waals surface area contributed by atoms with Gasteiger partial charge in [0.2, 0.25) is 0 Å². The fraction of sp³-hybridized carbons (Fsp3) is 0.714. The van der Waals surface area contributed by atoms with Gasteiger partial charge in [0.15, 0.2) is 0 Å². The summed E-state index contributed by atoms with van der Waals surface area (Å²) in [7, 11) is 5.26. The summed E-state index contributed by atoms with van der Waals surface area (Å²) in [5.41, 5.74) is 1.23. The zero-order chi connectivity index (χ0) is 7.65. The van der Waals surface area contributed by atoms with Crippen molar-refractivity contribution in [3.63, 3.8) is 0 Å². The predicted molar refractivity (Wildman–Crippen MR) is 46.8 cm³/mol. The van der Waals surface area contributed by atoms with Gasteiger partial charge in [-0.25, -0.2) is 0 Å². The van der Waals surface area contributed by atoms with Gasteiger partial charge in [-0.15, -0.1) is 0 Å². The van der Waals surface area contributed by atoms with E-state index in [1.807, 2.05) is 14.1 Å². The summed E-state index contributed by atoms with van der Waals surface area (Å²) in [6, 6.07) is 0. The Hall–Kier alpha value is -0.243. The van der Waals surface area contributed by atoms with Gasteiger partial charge in [-0.2, -0.15) is 0 Å². The summed E-state index contributed by atoms with van der Waals surface area (Å²) < 4.78 is 0. The van der Waals surface area contributed by atoms with E-state index in [2.05, 4.69) is 25.3 Å². The van der Waals surface area contributed by atoms with Crippen LogP contribution in [-0.4, -0.2) is 29.2 Å². The van der Waals surface area contributed by atoms with Gasteiger partial charge in [-0.3, -0.25) is 0 Å². The Labute approximate surface area is 61.2 Å². The second-order valence-corrected chi connectivity index (χ2v) is 6.09. The molecular formula is C7H17NSi. The summed E-state index contributed by atoms with van der Waals surface area (Å²) >= 11 is 0. The molecule has 0 aliphatic heterocycles. The first-order valence-corrected chi connectivity index (χ1v) is 4.22. The molecule has 0 atom stereocenters. The predicted octanol–water partition coefficient (Wildman–Crippen LogP) is 0.626. The van der Waals surface area contributed by atoms with E-state index in [1.165, 1.54) is 15.9 Å². The van der Waals surface area contributed by atoms with Crippen LogP contribution in [0.2, 0.25) is 5.04 Å². The van der Waals surface area contributed by atoms with Crippen molar-refractivity contribution < 1.29 is 0 Å². The molecule has 0 aliphatic carbocycles. The molecule has 9 heavy (non-hydrogen) atoms. The minimum absolute atomic E-state index is 0.351. The number of allylic oxidation sites excluding steroid dienone is 1. The largest absolute Gasteiger partial charge is 0.381 e. The molecule has 0 saturated carbocycles. The highest BCUT2D eigenvalue weighted by Crippen LogP contribution is 2.28. The molecule has 0 fully saturated rings. The van der Waals surface area contributed by atoms with Crippen LogP contribution in [-0.2, 0) is 0 Å². The quantitative estimate of drug-likeness (QED) is 0.512. The molecule has 0 amide bonds. The Balaban J connectivity index is 4.06. The highest BCUT2D eigenvalue weighted by molar-refractivity contribution is 6.16. The fourth-order valence-corrected chi connectivity index (χ4v) is 1.12. The highest BCUT2D eigenvalue weighted by Gasteiger charge is 2.15. The summed E-state index contributed by atoms with van der Waals surface area (Å²) in [5, 5.41) is 0.351. The van der Waals surface area contributed by atoms with Crippen LogP contribution in [0, 0.1) is 0 Å². The van der Waals surface area contributed by atoms with Gasteiger partial charge in [0, 0.05) is 30.0 Å². The van der Waals surface area contributed by atoms with Gasteiger partial charge in [0.1, 0.15) is 0 Å². The number of hydrogen-bond acceptors (Lipinski definition) is 1. The average molecular weight is 143 g/mol. The summed E-state index contributed by atoms with van der Waals surface area (Å²) in [6.07, 6.45) is 0. The van der Waals surface area contributed by atoms with Crippen molar-refractivity contribution in [3.8, 4) is 0 Å². The number of hydrogen-bond donors (Lipinski definition) is 0. The van der Waals surface area contributed by atoms with Crippen molar-refractivity contribution in [3.05, 3.63) is 12.3 Å². The monoisotopic (exact) mass is 143 g/mol. The molecule has 0 aromatic heterocycles. The van der Waals surface area contributed by atoms with Gasteiger partial charge in [-0.1, -0.05) is 20.4 Å². The van der Waals surface area contributed by atoms with E-state index < -0.39 is 0 Å².